The van der Waals surface area contributed by atoms with E-state index in [0.717, 1.165) is 12.8 Å². The van der Waals surface area contributed by atoms with Crippen LogP contribution in [0.15, 0.2) is 4.40 Å². The molecule has 1 aliphatic rings. The van der Waals surface area contributed by atoms with Crippen LogP contribution in [0, 0.1) is 5.92 Å². The molecule has 0 aliphatic heterocycles. The summed E-state index contributed by atoms with van der Waals surface area (Å²) >= 11 is -1.13. The van der Waals surface area contributed by atoms with Crippen molar-refractivity contribution in [1.82, 2.24) is 0 Å². The Morgan fingerprint density at radius 2 is 1.65 bits per heavy atom. The summed E-state index contributed by atoms with van der Waals surface area (Å²) < 4.78 is 22.1. The molecule has 0 spiro atoms. The summed E-state index contributed by atoms with van der Waals surface area (Å²) in [6.45, 7) is 17.2. The van der Waals surface area contributed by atoms with Crippen molar-refractivity contribution in [3.63, 3.8) is 0 Å². The van der Waals surface area contributed by atoms with Crippen molar-refractivity contribution in [3.05, 3.63) is 0 Å². The van der Waals surface area contributed by atoms with Crippen LogP contribution in [0.25, 0.3) is 0 Å². The Hall–Kier alpha value is 0.157. The van der Waals surface area contributed by atoms with Crippen molar-refractivity contribution in [1.29, 1.82) is 0 Å². The van der Waals surface area contributed by atoms with Crippen LogP contribution in [0.3, 0.4) is 0 Å². The van der Waals surface area contributed by atoms with Gasteiger partial charge in [0.2, 0.25) is 0 Å². The quantitative estimate of drug-likeness (QED) is 0.440. The maximum absolute atomic E-state index is 11.8. The highest BCUT2D eigenvalue weighted by Crippen LogP contribution is 2.41. The van der Waals surface area contributed by atoms with Crippen LogP contribution in [0.2, 0.25) is 18.1 Å². The van der Waals surface area contributed by atoms with Crippen LogP contribution in [0.4, 0.5) is 0 Å². The molecule has 1 rings (SSSR count). The lowest BCUT2D eigenvalue weighted by Crippen LogP contribution is -2.47. The van der Waals surface area contributed by atoms with Crippen LogP contribution in [-0.2, 0) is 15.8 Å². The normalized spacial score (nSPS) is 26.6. The molecule has 1 aliphatic carbocycles. The summed E-state index contributed by atoms with van der Waals surface area (Å²) in [6.07, 6.45) is 4.30. The molecule has 0 saturated heterocycles. The Kier molecular flexibility index (Phi) is 5.56. The predicted molar refractivity (Wildman–Crippen MR) is 91.2 cm³/mol. The average molecular weight is 318 g/mol. The van der Waals surface area contributed by atoms with Gasteiger partial charge in [-0.05, 0) is 51.7 Å². The number of hydrogen-bond acceptors (Lipinski definition) is 3. The molecule has 0 N–H and O–H groups in total. The fourth-order valence-electron chi connectivity index (χ4n) is 1.72. The second kappa shape index (κ2) is 6.11. The van der Waals surface area contributed by atoms with Gasteiger partial charge >= 0.3 is 0 Å². The van der Waals surface area contributed by atoms with E-state index in [1.807, 2.05) is 27.0 Å². The number of rotatable bonds is 4. The Morgan fingerprint density at radius 1 is 1.15 bits per heavy atom. The molecule has 0 heterocycles. The average Bonchev–Trinajstić information content (AvgIpc) is 2.17. The van der Waals surface area contributed by atoms with Gasteiger partial charge < -0.3 is 8.98 Å². The van der Waals surface area contributed by atoms with E-state index in [0.29, 0.717) is 12.0 Å². The molecule has 1 atom stereocenters. The lowest BCUT2D eigenvalue weighted by molar-refractivity contribution is 0.0816. The second-order valence-corrected chi connectivity index (χ2v) is 15.0. The Balaban J connectivity index is 2.39. The minimum atomic E-state index is -1.65. The van der Waals surface area contributed by atoms with Gasteiger partial charge in [-0.2, -0.15) is 0 Å². The molecule has 0 bridgehead atoms. The van der Waals surface area contributed by atoms with Crippen LogP contribution in [-0.4, -0.2) is 29.9 Å². The highest BCUT2D eigenvalue weighted by Gasteiger charge is 2.42. The fraction of sp³-hybridized carbons (Fsp3) is 0.933. The molecule has 1 fully saturated rings. The van der Waals surface area contributed by atoms with E-state index in [2.05, 4.69) is 38.3 Å². The van der Waals surface area contributed by atoms with E-state index in [-0.39, 0.29) is 9.79 Å². The van der Waals surface area contributed by atoms with Gasteiger partial charge in [-0.25, -0.2) is 0 Å². The lowest BCUT2D eigenvalue weighted by Gasteiger charge is -2.44. The zero-order valence-corrected chi connectivity index (χ0v) is 16.1. The van der Waals surface area contributed by atoms with Gasteiger partial charge in [-0.1, -0.05) is 25.2 Å². The molecule has 3 nitrogen and oxygen atoms in total. The van der Waals surface area contributed by atoms with E-state index in [1.165, 1.54) is 0 Å². The van der Waals surface area contributed by atoms with E-state index >= 15 is 0 Å². The van der Waals surface area contributed by atoms with Crippen molar-refractivity contribution in [2.75, 3.05) is 0 Å². The van der Waals surface area contributed by atoms with Gasteiger partial charge in [0, 0.05) is 12.0 Å². The second-order valence-electron chi connectivity index (χ2n) is 8.35. The third-order valence-corrected chi connectivity index (χ3v) is 10.2. The van der Waals surface area contributed by atoms with Crippen molar-refractivity contribution in [2.45, 2.75) is 83.4 Å². The Morgan fingerprint density at radius 3 is 2.05 bits per heavy atom. The first-order valence-corrected chi connectivity index (χ1v) is 11.5. The third-order valence-electron chi connectivity index (χ3n) is 4.29. The van der Waals surface area contributed by atoms with Gasteiger partial charge in [0.15, 0.2) is 8.32 Å². The first-order chi connectivity index (χ1) is 8.83. The number of hydrogen-bond donors (Lipinski definition) is 0. The Labute approximate surface area is 129 Å². The van der Waals surface area contributed by atoms with Crippen LogP contribution >= 0.6 is 0 Å². The summed E-state index contributed by atoms with van der Waals surface area (Å²) in [4.78, 5) is 0. The molecule has 0 radical (unpaired) electrons. The molecular weight excluding hydrogens is 286 g/mol. The molecule has 5 heteroatoms. The highest BCUT2D eigenvalue weighted by molar-refractivity contribution is 7.91. The summed E-state index contributed by atoms with van der Waals surface area (Å²) in [5, 5.41) is 0.264. The van der Waals surface area contributed by atoms with Gasteiger partial charge in [0.1, 0.15) is 16.1 Å². The van der Waals surface area contributed by atoms with Gasteiger partial charge in [-0.3, -0.25) is 0 Å². The van der Waals surface area contributed by atoms with E-state index in [4.69, 9.17) is 4.43 Å². The maximum atomic E-state index is 11.8. The fourth-order valence-corrected chi connectivity index (χ4v) is 3.70. The van der Waals surface area contributed by atoms with Crippen molar-refractivity contribution >= 4 is 25.9 Å². The SMILES string of the molecule is CC(C)(C)[S+]([O-])/N=C\C1CC(O[Si](C)(C)C(C)(C)C)C1. The molecule has 0 amide bonds. The summed E-state index contributed by atoms with van der Waals surface area (Å²) in [5.41, 5.74) is 0. The molecule has 0 aromatic rings. The molecule has 118 valence electrons. The van der Waals surface area contributed by atoms with Crippen molar-refractivity contribution < 1.29 is 8.98 Å². The maximum Gasteiger partial charge on any atom is 0.192 e. The van der Waals surface area contributed by atoms with Crippen LogP contribution in [0.1, 0.15) is 54.4 Å². The van der Waals surface area contributed by atoms with Crippen LogP contribution in [0.5, 0.6) is 0 Å². The topological polar surface area (TPSA) is 44.7 Å². The number of nitrogens with zero attached hydrogens (tertiary/aromatic N) is 1. The van der Waals surface area contributed by atoms with Crippen molar-refractivity contribution in [3.8, 4) is 0 Å². The van der Waals surface area contributed by atoms with Gasteiger partial charge in [0.05, 0.1) is 6.21 Å². The standard InChI is InChI=1S/C15H31NO2SSi/c1-14(2,3)19(17)16-11-12-9-13(10-12)18-20(7,8)15(4,5)6/h11-13H,9-10H2,1-8H3/b16-11-. The molecule has 1 saturated carbocycles. The smallest absolute Gasteiger partial charge is 0.192 e. The minimum Gasteiger partial charge on any atom is -0.591 e. The first-order valence-electron chi connectivity index (χ1n) is 7.47. The molecule has 20 heavy (non-hydrogen) atoms. The van der Waals surface area contributed by atoms with Gasteiger partial charge in [0.25, 0.3) is 0 Å². The van der Waals surface area contributed by atoms with Gasteiger partial charge in [-0.15, -0.1) is 0 Å². The third kappa shape index (κ3) is 4.86. The van der Waals surface area contributed by atoms with Crippen LogP contribution < -0.4 is 0 Å². The summed E-state index contributed by atoms with van der Waals surface area (Å²) in [6, 6.07) is 0. The first kappa shape index (κ1) is 18.2. The zero-order valence-electron chi connectivity index (χ0n) is 14.3. The molecule has 0 aromatic heterocycles. The zero-order chi connectivity index (χ0) is 15.8. The summed E-state index contributed by atoms with van der Waals surface area (Å²) in [5.74, 6) is 0.441. The predicted octanol–water partition coefficient (Wildman–Crippen LogP) is 4.32. The molecular formula is C15H31NO2SSi. The minimum absolute atomic E-state index is 0.264. The van der Waals surface area contributed by atoms with E-state index in [9.17, 15) is 4.55 Å². The molecule has 1 unspecified atom stereocenters. The van der Waals surface area contributed by atoms with E-state index < -0.39 is 19.7 Å². The lowest BCUT2D eigenvalue weighted by atomic mass is 9.84. The molecule has 0 aromatic carbocycles. The Bertz CT molecular complexity index is 352. The monoisotopic (exact) mass is 317 g/mol. The van der Waals surface area contributed by atoms with E-state index in [1.54, 1.807) is 0 Å². The highest BCUT2D eigenvalue weighted by atomic mass is 32.2. The van der Waals surface area contributed by atoms with Crippen molar-refractivity contribution in [2.24, 2.45) is 10.3 Å². The summed E-state index contributed by atoms with van der Waals surface area (Å²) in [7, 11) is -1.65. The largest absolute Gasteiger partial charge is 0.591 e.